The Hall–Kier alpha value is -4.12. The zero-order chi connectivity index (χ0) is 29.0. The molecule has 1 saturated heterocycles. The van der Waals surface area contributed by atoms with Crippen LogP contribution in [0.2, 0.25) is 0 Å². The molecule has 40 heavy (non-hydrogen) atoms. The van der Waals surface area contributed by atoms with Gasteiger partial charge in [-0.1, -0.05) is 12.1 Å². The number of esters is 1. The first-order valence-corrected chi connectivity index (χ1v) is 13.1. The van der Waals surface area contributed by atoms with Crippen LogP contribution in [0.3, 0.4) is 0 Å². The first kappa shape index (κ1) is 28.9. The highest BCUT2D eigenvalue weighted by Gasteiger charge is 2.39. The molecule has 2 heterocycles. The van der Waals surface area contributed by atoms with Gasteiger partial charge in [0.2, 0.25) is 0 Å². The van der Waals surface area contributed by atoms with Gasteiger partial charge >= 0.3 is 12.0 Å². The summed E-state index contributed by atoms with van der Waals surface area (Å²) in [6.07, 6.45) is 0. The molecular weight excluding hydrogens is 519 g/mol. The summed E-state index contributed by atoms with van der Waals surface area (Å²) < 4.78 is 29.9. The molecule has 2 aromatic rings. The summed E-state index contributed by atoms with van der Waals surface area (Å²) in [7, 11) is 4.66. The normalized spacial score (nSPS) is 19.8. The molecule has 4 rings (SSSR count). The van der Waals surface area contributed by atoms with Crippen LogP contribution in [0, 0.1) is 5.82 Å². The Bertz CT molecular complexity index is 1320. The van der Waals surface area contributed by atoms with Crippen molar-refractivity contribution in [2.45, 2.75) is 25.9 Å². The van der Waals surface area contributed by atoms with Crippen molar-refractivity contribution < 1.29 is 33.0 Å². The first-order valence-electron chi connectivity index (χ1n) is 13.1. The lowest BCUT2D eigenvalue weighted by molar-refractivity contribution is -0.139. The smallest absolute Gasteiger partial charge is 0.338 e. The fourth-order valence-electron chi connectivity index (χ4n) is 5.16. The molecule has 0 radical (unpaired) electrons. The molecule has 3 amide bonds. The van der Waals surface area contributed by atoms with E-state index in [1.165, 1.54) is 37.3 Å². The summed E-state index contributed by atoms with van der Waals surface area (Å²) in [6, 6.07) is 9.56. The van der Waals surface area contributed by atoms with Crippen molar-refractivity contribution in [2.24, 2.45) is 0 Å². The summed E-state index contributed by atoms with van der Waals surface area (Å²) in [5.41, 5.74) is 1.77. The van der Waals surface area contributed by atoms with Crippen molar-refractivity contribution >= 4 is 17.9 Å². The van der Waals surface area contributed by atoms with E-state index in [9.17, 15) is 18.8 Å². The van der Waals surface area contributed by atoms with Gasteiger partial charge < -0.3 is 24.4 Å². The van der Waals surface area contributed by atoms with Crippen molar-refractivity contribution in [3.05, 3.63) is 70.7 Å². The molecule has 1 N–H and O–H groups in total. The minimum atomic E-state index is -0.772. The van der Waals surface area contributed by atoms with Crippen LogP contribution in [0.4, 0.5) is 9.18 Å². The number of nitrogens with one attached hydrogen (secondary N) is 1. The van der Waals surface area contributed by atoms with Gasteiger partial charge in [0.1, 0.15) is 5.82 Å². The highest BCUT2D eigenvalue weighted by molar-refractivity contribution is 5.95. The third-order valence-electron chi connectivity index (χ3n) is 7.23. The topological polar surface area (TPSA) is 101 Å². The monoisotopic (exact) mass is 554 g/mol. The van der Waals surface area contributed by atoms with Gasteiger partial charge in [-0.2, -0.15) is 0 Å². The highest BCUT2D eigenvalue weighted by Crippen LogP contribution is 2.36. The number of halogens is 1. The Labute approximate surface area is 233 Å². The Morgan fingerprint density at radius 1 is 1.07 bits per heavy atom. The third-order valence-corrected chi connectivity index (χ3v) is 7.23. The Kier molecular flexibility index (Phi) is 8.93. The standard InChI is InChI=1S/C29H35FN4O6/c1-6-40-28(36)25-22(32(3)29(37)31-26(25)19-10-11-23(38-4)24(15-19)39-5)17-33-12-13-34(18(2)16-33)27(35)20-8-7-9-21(30)14-20/h7-11,14-15,18,26H,6,12-13,16-17H2,1-5H3,(H,31,37)/t18-,26+/m0/s1. The second-order valence-electron chi connectivity index (χ2n) is 9.73. The number of carbonyl (C=O) groups is 3. The van der Waals surface area contributed by atoms with Crippen molar-refractivity contribution in [3.63, 3.8) is 0 Å². The number of amides is 3. The summed E-state index contributed by atoms with van der Waals surface area (Å²) in [4.78, 5) is 44.7. The maximum absolute atomic E-state index is 13.7. The van der Waals surface area contributed by atoms with Crippen LogP contribution in [0.15, 0.2) is 53.7 Å². The van der Waals surface area contributed by atoms with Crippen LogP contribution < -0.4 is 14.8 Å². The molecule has 11 heteroatoms. The van der Waals surface area contributed by atoms with Crippen LogP contribution in [-0.2, 0) is 9.53 Å². The number of methoxy groups -OCH3 is 2. The summed E-state index contributed by atoms with van der Waals surface area (Å²) in [5.74, 6) is -0.242. The number of carbonyl (C=O) groups excluding carboxylic acids is 3. The second kappa shape index (κ2) is 12.4. The molecule has 0 unspecified atom stereocenters. The molecule has 0 aromatic heterocycles. The lowest BCUT2D eigenvalue weighted by Gasteiger charge is -2.42. The molecule has 1 fully saturated rings. The zero-order valence-electron chi connectivity index (χ0n) is 23.4. The molecule has 2 aliphatic heterocycles. The summed E-state index contributed by atoms with van der Waals surface area (Å²) >= 11 is 0. The van der Waals surface area contributed by atoms with Gasteiger partial charge in [0.15, 0.2) is 11.5 Å². The van der Waals surface area contributed by atoms with Gasteiger partial charge in [-0.25, -0.2) is 14.0 Å². The number of ether oxygens (including phenoxy) is 3. The predicted molar refractivity (Wildman–Crippen MR) is 146 cm³/mol. The number of likely N-dealkylation sites (N-methyl/N-ethyl adjacent to an activating group) is 1. The van der Waals surface area contributed by atoms with E-state index in [1.54, 1.807) is 43.1 Å². The van der Waals surface area contributed by atoms with E-state index >= 15 is 0 Å². The lowest BCUT2D eigenvalue weighted by atomic mass is 9.93. The van der Waals surface area contributed by atoms with Crippen molar-refractivity contribution in [1.29, 1.82) is 0 Å². The van der Waals surface area contributed by atoms with Crippen LogP contribution in [0.25, 0.3) is 0 Å². The van der Waals surface area contributed by atoms with E-state index in [2.05, 4.69) is 10.2 Å². The van der Waals surface area contributed by atoms with E-state index in [0.29, 0.717) is 53.5 Å². The third kappa shape index (κ3) is 5.89. The van der Waals surface area contributed by atoms with Gasteiger partial charge in [-0.3, -0.25) is 14.6 Å². The van der Waals surface area contributed by atoms with Crippen LogP contribution >= 0.6 is 0 Å². The van der Waals surface area contributed by atoms with Gasteiger partial charge in [-0.15, -0.1) is 0 Å². The minimum absolute atomic E-state index is 0.170. The van der Waals surface area contributed by atoms with E-state index in [0.717, 1.165) is 0 Å². The number of urea groups is 1. The molecule has 2 aliphatic rings. The summed E-state index contributed by atoms with van der Waals surface area (Å²) in [6.45, 7) is 5.52. The SMILES string of the molecule is CCOC(=O)C1=C(CN2CCN(C(=O)c3cccc(F)c3)[C@@H](C)C2)N(C)C(=O)N[C@@H]1c1ccc(OC)c(OC)c1. The Morgan fingerprint density at radius 2 is 1.82 bits per heavy atom. The van der Waals surface area contributed by atoms with Crippen molar-refractivity contribution in [3.8, 4) is 11.5 Å². The molecule has 0 aliphatic carbocycles. The van der Waals surface area contributed by atoms with Gasteiger partial charge in [0.05, 0.1) is 32.4 Å². The fourth-order valence-corrected chi connectivity index (χ4v) is 5.16. The van der Waals surface area contributed by atoms with E-state index in [1.807, 2.05) is 6.92 Å². The summed E-state index contributed by atoms with van der Waals surface area (Å²) in [5, 5.41) is 2.91. The predicted octanol–water partition coefficient (Wildman–Crippen LogP) is 3.20. The molecule has 0 spiro atoms. The molecule has 214 valence electrons. The van der Waals surface area contributed by atoms with Crippen molar-refractivity contribution in [1.82, 2.24) is 20.0 Å². The Balaban J connectivity index is 1.63. The van der Waals surface area contributed by atoms with Gasteiger partial charge in [-0.05, 0) is 49.7 Å². The van der Waals surface area contributed by atoms with Crippen LogP contribution in [-0.4, -0.2) is 92.7 Å². The average Bonchev–Trinajstić information content (AvgIpc) is 2.94. The van der Waals surface area contributed by atoms with E-state index in [4.69, 9.17) is 14.2 Å². The second-order valence-corrected chi connectivity index (χ2v) is 9.73. The maximum Gasteiger partial charge on any atom is 0.338 e. The molecule has 0 saturated carbocycles. The molecule has 2 aromatic carbocycles. The Morgan fingerprint density at radius 3 is 2.48 bits per heavy atom. The molecule has 2 atom stereocenters. The zero-order valence-corrected chi connectivity index (χ0v) is 23.4. The largest absolute Gasteiger partial charge is 0.493 e. The molecular formula is C29H35FN4O6. The average molecular weight is 555 g/mol. The van der Waals surface area contributed by atoms with E-state index in [-0.39, 0.29) is 31.1 Å². The maximum atomic E-state index is 13.7. The van der Waals surface area contributed by atoms with Gasteiger partial charge in [0.25, 0.3) is 5.91 Å². The number of hydrogen-bond donors (Lipinski definition) is 1. The molecule has 10 nitrogen and oxygen atoms in total. The molecule has 0 bridgehead atoms. The number of rotatable bonds is 8. The quantitative estimate of drug-likeness (QED) is 0.500. The van der Waals surface area contributed by atoms with Crippen LogP contribution in [0.1, 0.15) is 35.8 Å². The lowest BCUT2D eigenvalue weighted by Crippen LogP contribution is -2.56. The highest BCUT2D eigenvalue weighted by atomic mass is 19.1. The van der Waals surface area contributed by atoms with Crippen LogP contribution in [0.5, 0.6) is 11.5 Å². The number of piperazine rings is 1. The van der Waals surface area contributed by atoms with Gasteiger partial charge in [0, 0.05) is 50.5 Å². The fraction of sp³-hybridized carbons (Fsp3) is 0.414. The first-order chi connectivity index (χ1) is 19.2. The number of hydrogen-bond acceptors (Lipinski definition) is 7. The van der Waals surface area contributed by atoms with E-state index < -0.39 is 17.8 Å². The van der Waals surface area contributed by atoms with Crippen molar-refractivity contribution in [2.75, 3.05) is 54.1 Å². The number of benzene rings is 2. The number of nitrogens with zero attached hydrogens (tertiary/aromatic N) is 3. The minimum Gasteiger partial charge on any atom is -0.493 e.